The van der Waals surface area contributed by atoms with Crippen molar-refractivity contribution < 1.29 is 14.3 Å². The van der Waals surface area contributed by atoms with Crippen molar-refractivity contribution in [2.24, 2.45) is 0 Å². The number of halogens is 1. The Kier molecular flexibility index (Phi) is 3.74. The Morgan fingerprint density at radius 3 is 3.05 bits per heavy atom. The van der Waals surface area contributed by atoms with Gasteiger partial charge in [0.15, 0.2) is 0 Å². The highest BCUT2D eigenvalue weighted by molar-refractivity contribution is 7.14. The van der Waals surface area contributed by atoms with Crippen molar-refractivity contribution in [1.82, 2.24) is 0 Å². The summed E-state index contributed by atoms with van der Waals surface area (Å²) in [7, 11) is 0. The highest BCUT2D eigenvalue weighted by atomic mass is 32.1. The van der Waals surface area contributed by atoms with Crippen LogP contribution in [0.5, 0.6) is 0 Å². The van der Waals surface area contributed by atoms with Crippen LogP contribution in [-0.4, -0.2) is 24.2 Å². The molecule has 1 aliphatic rings. The van der Waals surface area contributed by atoms with E-state index in [1.54, 1.807) is 23.1 Å². The Morgan fingerprint density at radius 2 is 2.24 bits per heavy atom. The molecular formula is C16H12FNO2S. The van der Waals surface area contributed by atoms with Crippen LogP contribution in [0.15, 0.2) is 30.3 Å². The first kappa shape index (κ1) is 13.8. The number of hydrogen-bond donors (Lipinski definition) is 1. The van der Waals surface area contributed by atoms with Crippen molar-refractivity contribution in [2.75, 3.05) is 18.1 Å². The molecule has 0 aliphatic carbocycles. The normalized spacial score (nSPS) is 12.8. The molecule has 2 aromatic rings. The third-order valence-corrected chi connectivity index (χ3v) is 4.28. The topological polar surface area (TPSA) is 40.5 Å². The van der Waals surface area contributed by atoms with E-state index in [-0.39, 0.29) is 18.3 Å². The van der Waals surface area contributed by atoms with Gasteiger partial charge in [-0.25, -0.2) is 4.39 Å². The summed E-state index contributed by atoms with van der Waals surface area (Å²) in [4.78, 5) is 15.4. The fourth-order valence-electron chi connectivity index (χ4n) is 2.34. The van der Waals surface area contributed by atoms with E-state index >= 15 is 0 Å². The summed E-state index contributed by atoms with van der Waals surface area (Å²) in [6.07, 6.45) is 0.740. The summed E-state index contributed by atoms with van der Waals surface area (Å²) >= 11 is 1.28. The van der Waals surface area contributed by atoms with E-state index in [0.29, 0.717) is 17.1 Å². The Hall–Kier alpha value is -2.16. The number of anilines is 1. The van der Waals surface area contributed by atoms with E-state index in [9.17, 15) is 9.18 Å². The molecule has 1 N–H and O–H groups in total. The summed E-state index contributed by atoms with van der Waals surface area (Å²) in [6.45, 7) is 0.354. The quantitative estimate of drug-likeness (QED) is 0.822. The predicted molar refractivity (Wildman–Crippen MR) is 80.1 cm³/mol. The minimum atomic E-state index is -0.339. The van der Waals surface area contributed by atoms with Crippen LogP contribution in [-0.2, 0) is 6.42 Å². The van der Waals surface area contributed by atoms with Crippen LogP contribution in [0.1, 0.15) is 20.1 Å². The van der Waals surface area contributed by atoms with Gasteiger partial charge in [0.05, 0.1) is 15.4 Å². The molecule has 21 heavy (non-hydrogen) atoms. The second-order valence-corrected chi connectivity index (χ2v) is 5.69. The number of carbonyl (C=O) groups excluding carboxylic acids is 1. The molecule has 2 heterocycles. The number of amides is 1. The van der Waals surface area contributed by atoms with Gasteiger partial charge in [-0.2, -0.15) is 0 Å². The van der Waals surface area contributed by atoms with Crippen molar-refractivity contribution in [3.05, 3.63) is 51.5 Å². The number of nitrogens with zero attached hydrogens (tertiary/aromatic N) is 1. The Bertz CT molecular complexity index is 757. The SMILES string of the molecule is O=C(c1ccc(C#CCO)s1)N1CCc2ccc(F)cc21. The molecule has 1 amide bonds. The van der Waals surface area contributed by atoms with E-state index < -0.39 is 0 Å². The van der Waals surface area contributed by atoms with Crippen molar-refractivity contribution >= 4 is 22.9 Å². The van der Waals surface area contributed by atoms with Gasteiger partial charge in [0.2, 0.25) is 0 Å². The largest absolute Gasteiger partial charge is 0.384 e. The number of carbonyl (C=O) groups is 1. The van der Waals surface area contributed by atoms with Crippen LogP contribution in [0, 0.1) is 17.7 Å². The lowest BCUT2D eigenvalue weighted by Gasteiger charge is -2.16. The number of benzene rings is 1. The van der Waals surface area contributed by atoms with Gasteiger partial charge >= 0.3 is 0 Å². The van der Waals surface area contributed by atoms with E-state index in [0.717, 1.165) is 16.9 Å². The van der Waals surface area contributed by atoms with Gasteiger partial charge in [0.25, 0.3) is 5.91 Å². The van der Waals surface area contributed by atoms with Gasteiger partial charge in [0, 0.05) is 6.54 Å². The maximum absolute atomic E-state index is 13.4. The number of aliphatic hydroxyl groups is 1. The molecule has 3 rings (SSSR count). The van der Waals surface area contributed by atoms with Gasteiger partial charge in [-0.15, -0.1) is 11.3 Å². The zero-order chi connectivity index (χ0) is 14.8. The van der Waals surface area contributed by atoms with Crippen molar-refractivity contribution in [1.29, 1.82) is 0 Å². The molecule has 0 fully saturated rings. The van der Waals surface area contributed by atoms with Gasteiger partial charge in [-0.1, -0.05) is 17.9 Å². The number of aliphatic hydroxyl groups excluding tert-OH is 1. The third-order valence-electron chi connectivity index (χ3n) is 3.30. The molecule has 1 aromatic heterocycles. The smallest absolute Gasteiger partial charge is 0.268 e. The maximum Gasteiger partial charge on any atom is 0.268 e. The van der Waals surface area contributed by atoms with E-state index in [1.165, 1.54) is 23.5 Å². The zero-order valence-corrected chi connectivity index (χ0v) is 11.9. The lowest BCUT2D eigenvalue weighted by atomic mass is 10.2. The molecule has 0 radical (unpaired) electrons. The Labute approximate surface area is 125 Å². The standard InChI is InChI=1S/C16H12FNO2S/c17-12-4-3-11-7-8-18(14(11)10-12)16(20)15-6-5-13(21-15)2-1-9-19/h3-6,10,19H,7-9H2. The first-order chi connectivity index (χ1) is 10.2. The van der Waals surface area contributed by atoms with E-state index in [4.69, 9.17) is 5.11 Å². The average molecular weight is 301 g/mol. The summed E-state index contributed by atoms with van der Waals surface area (Å²) in [5.41, 5.74) is 1.64. The summed E-state index contributed by atoms with van der Waals surface area (Å²) in [5, 5.41) is 8.67. The highest BCUT2D eigenvalue weighted by Crippen LogP contribution is 2.31. The molecule has 3 nitrogen and oxygen atoms in total. The highest BCUT2D eigenvalue weighted by Gasteiger charge is 2.26. The number of thiophene rings is 1. The predicted octanol–water partition coefficient (Wildman–Crippen LogP) is 2.43. The second-order valence-electron chi connectivity index (χ2n) is 4.60. The molecule has 0 saturated heterocycles. The zero-order valence-electron chi connectivity index (χ0n) is 11.1. The monoisotopic (exact) mass is 301 g/mol. The van der Waals surface area contributed by atoms with E-state index in [2.05, 4.69) is 11.8 Å². The van der Waals surface area contributed by atoms with Crippen molar-refractivity contribution in [2.45, 2.75) is 6.42 Å². The number of hydrogen-bond acceptors (Lipinski definition) is 3. The first-order valence-electron chi connectivity index (χ1n) is 6.49. The van der Waals surface area contributed by atoms with Crippen LogP contribution in [0.25, 0.3) is 0 Å². The molecule has 1 aromatic carbocycles. The van der Waals surface area contributed by atoms with Gasteiger partial charge < -0.3 is 10.0 Å². The van der Waals surface area contributed by atoms with Crippen LogP contribution >= 0.6 is 11.3 Å². The molecule has 0 bridgehead atoms. The summed E-state index contributed by atoms with van der Waals surface area (Å²) in [5.74, 6) is 4.85. The van der Waals surface area contributed by atoms with Crippen LogP contribution in [0.4, 0.5) is 10.1 Å². The average Bonchev–Trinajstić information content (AvgIpc) is 3.10. The van der Waals surface area contributed by atoms with Gasteiger partial charge in [-0.05, 0) is 36.2 Å². The lowest BCUT2D eigenvalue weighted by Crippen LogP contribution is -2.28. The van der Waals surface area contributed by atoms with Gasteiger partial charge in [-0.3, -0.25) is 4.79 Å². The van der Waals surface area contributed by atoms with Crippen LogP contribution in [0.2, 0.25) is 0 Å². The molecule has 106 valence electrons. The minimum Gasteiger partial charge on any atom is -0.384 e. The molecular weight excluding hydrogens is 289 g/mol. The molecule has 1 aliphatic heterocycles. The Morgan fingerprint density at radius 1 is 1.38 bits per heavy atom. The van der Waals surface area contributed by atoms with Crippen LogP contribution < -0.4 is 4.90 Å². The number of rotatable bonds is 1. The molecule has 0 unspecified atom stereocenters. The third kappa shape index (κ3) is 2.68. The van der Waals surface area contributed by atoms with Crippen LogP contribution in [0.3, 0.4) is 0 Å². The second kappa shape index (κ2) is 5.68. The van der Waals surface area contributed by atoms with Crippen molar-refractivity contribution in [3.8, 4) is 11.8 Å². The summed E-state index contributed by atoms with van der Waals surface area (Å²) < 4.78 is 13.4. The minimum absolute atomic E-state index is 0.138. The molecule has 0 atom stereocenters. The lowest BCUT2D eigenvalue weighted by molar-refractivity contribution is 0.0993. The van der Waals surface area contributed by atoms with E-state index in [1.807, 2.05) is 0 Å². The first-order valence-corrected chi connectivity index (χ1v) is 7.30. The van der Waals surface area contributed by atoms with Gasteiger partial charge in [0.1, 0.15) is 12.4 Å². The fourth-order valence-corrected chi connectivity index (χ4v) is 3.17. The number of fused-ring (bicyclic) bond motifs is 1. The van der Waals surface area contributed by atoms with Crippen molar-refractivity contribution in [3.63, 3.8) is 0 Å². The summed E-state index contributed by atoms with van der Waals surface area (Å²) in [6, 6.07) is 8.01. The molecule has 0 saturated carbocycles. The Balaban J connectivity index is 1.87. The molecule has 5 heteroatoms. The molecule has 0 spiro atoms. The maximum atomic E-state index is 13.4. The fraction of sp³-hybridized carbons (Fsp3) is 0.188.